The monoisotopic (exact) mass is 554 g/mol. The van der Waals surface area contributed by atoms with Gasteiger partial charge in [0, 0.05) is 42.0 Å². The van der Waals surface area contributed by atoms with Crippen molar-refractivity contribution in [1.29, 1.82) is 0 Å². The van der Waals surface area contributed by atoms with Gasteiger partial charge in [-0.25, -0.2) is 22.0 Å². The smallest absolute Gasteiger partial charge is 0.374 e. The molecule has 13 heteroatoms. The van der Waals surface area contributed by atoms with Gasteiger partial charge in [0.05, 0.1) is 17.7 Å². The zero-order valence-corrected chi connectivity index (χ0v) is 20.0. The summed E-state index contributed by atoms with van der Waals surface area (Å²) in [5, 5.41) is 5.39. The second kappa shape index (κ2) is 8.85. The Kier molecular flexibility index (Phi) is 6.49. The molecular formula is C24H19ClF8N2O2. The number of aryl methyl sites for hydroxylation is 1. The van der Waals surface area contributed by atoms with E-state index in [0.29, 0.717) is 24.6 Å². The minimum atomic E-state index is -5.29. The highest BCUT2D eigenvalue weighted by atomic mass is 35.5. The molecule has 1 N–H and O–H groups in total. The highest BCUT2D eigenvalue weighted by Gasteiger charge is 2.64. The number of oxime groups is 1. The molecule has 2 aromatic rings. The predicted octanol–water partition coefficient (Wildman–Crippen LogP) is 7.01. The summed E-state index contributed by atoms with van der Waals surface area (Å²) in [6.07, 6.45) is -7.33. The quantitative estimate of drug-likeness (QED) is 0.404. The molecule has 2 aromatic carbocycles. The van der Waals surface area contributed by atoms with Crippen LogP contribution in [0.25, 0.3) is 0 Å². The van der Waals surface area contributed by atoms with E-state index in [1.165, 1.54) is 25.1 Å². The van der Waals surface area contributed by atoms with E-state index in [1.54, 1.807) is 0 Å². The van der Waals surface area contributed by atoms with Crippen LogP contribution in [0, 0.1) is 12.7 Å². The number of alkyl halides is 7. The van der Waals surface area contributed by atoms with Gasteiger partial charge in [0.1, 0.15) is 5.82 Å². The Labute approximate surface area is 210 Å². The summed E-state index contributed by atoms with van der Waals surface area (Å²) in [5.41, 5.74) is -5.78. The molecule has 0 radical (unpaired) electrons. The summed E-state index contributed by atoms with van der Waals surface area (Å²) in [6, 6.07) is 4.29. The summed E-state index contributed by atoms with van der Waals surface area (Å²) in [4.78, 5) is 17.2. The minimum Gasteiger partial charge on any atom is -0.374 e. The number of halogens is 9. The van der Waals surface area contributed by atoms with Gasteiger partial charge in [-0.1, -0.05) is 22.8 Å². The molecule has 0 spiro atoms. The van der Waals surface area contributed by atoms with E-state index in [1.807, 2.05) is 0 Å². The van der Waals surface area contributed by atoms with E-state index in [-0.39, 0.29) is 16.8 Å². The van der Waals surface area contributed by atoms with Gasteiger partial charge in [0.2, 0.25) is 0 Å². The number of benzene rings is 2. The van der Waals surface area contributed by atoms with Crippen LogP contribution in [0.1, 0.15) is 58.8 Å². The van der Waals surface area contributed by atoms with Gasteiger partial charge < -0.3 is 10.2 Å². The molecule has 1 aliphatic carbocycles. The Hall–Kier alpha value is -2.89. The van der Waals surface area contributed by atoms with Crippen LogP contribution in [0.15, 0.2) is 35.5 Å². The summed E-state index contributed by atoms with van der Waals surface area (Å²) >= 11 is 5.77. The standard InChI is InChI=1S/C24H19ClF8N2O2/c1-11-5-12(3-4-15(11)20(36)34-14-8-22(29,30)9-14)18-10-23(37-35-18,24(31,32)33)17-7-13(25)6-16(19(17)26)21(2,27)28/h3-7,14H,8-10H2,1-2H3,(H,34,36)/t23-/m0/s1. The average molecular weight is 555 g/mol. The first-order valence-corrected chi connectivity index (χ1v) is 11.3. The maximum atomic E-state index is 15.0. The first kappa shape index (κ1) is 27.2. The number of carbonyl (C=O) groups is 1. The summed E-state index contributed by atoms with van der Waals surface area (Å²) < 4.78 is 112. The fourth-order valence-corrected chi connectivity index (χ4v) is 4.58. The maximum absolute atomic E-state index is 15.0. The van der Waals surface area contributed by atoms with Gasteiger partial charge in [0.15, 0.2) is 0 Å². The minimum absolute atomic E-state index is 0.0961. The van der Waals surface area contributed by atoms with Crippen molar-refractivity contribution in [3.63, 3.8) is 0 Å². The number of hydrogen-bond donors (Lipinski definition) is 1. The molecule has 4 rings (SSSR count). The van der Waals surface area contributed by atoms with Crippen LogP contribution in [0.4, 0.5) is 35.1 Å². The summed E-state index contributed by atoms with van der Waals surface area (Å²) in [6.45, 7) is 1.80. The van der Waals surface area contributed by atoms with E-state index in [9.17, 15) is 35.5 Å². The number of nitrogens with zero attached hydrogens (tertiary/aromatic N) is 1. The highest BCUT2D eigenvalue weighted by molar-refractivity contribution is 6.30. The van der Waals surface area contributed by atoms with Crippen molar-refractivity contribution < 1.29 is 44.8 Å². The van der Waals surface area contributed by atoms with Gasteiger partial charge in [-0.2, -0.15) is 13.2 Å². The number of carbonyl (C=O) groups excluding carboxylic acids is 1. The number of rotatable bonds is 5. The van der Waals surface area contributed by atoms with E-state index >= 15 is 4.39 Å². The van der Waals surface area contributed by atoms with Crippen molar-refractivity contribution in [2.45, 2.75) is 62.8 Å². The lowest BCUT2D eigenvalue weighted by Crippen LogP contribution is -2.50. The Morgan fingerprint density at radius 3 is 2.32 bits per heavy atom. The average Bonchev–Trinajstić information content (AvgIpc) is 3.19. The van der Waals surface area contributed by atoms with Gasteiger partial charge in [-0.3, -0.25) is 4.79 Å². The van der Waals surface area contributed by atoms with Crippen molar-refractivity contribution >= 4 is 23.2 Å². The molecule has 1 aliphatic heterocycles. The summed E-state index contributed by atoms with van der Waals surface area (Å²) in [5.74, 6) is -9.12. The predicted molar refractivity (Wildman–Crippen MR) is 118 cm³/mol. The first-order valence-electron chi connectivity index (χ1n) is 10.9. The molecular weight excluding hydrogens is 536 g/mol. The Morgan fingerprint density at radius 2 is 1.78 bits per heavy atom. The second-order valence-corrected chi connectivity index (χ2v) is 9.73. The van der Waals surface area contributed by atoms with Crippen molar-refractivity contribution in [2.24, 2.45) is 5.16 Å². The van der Waals surface area contributed by atoms with Gasteiger partial charge in [-0.15, -0.1) is 0 Å². The van der Waals surface area contributed by atoms with Crippen molar-refractivity contribution in [2.75, 3.05) is 0 Å². The first-order chi connectivity index (χ1) is 16.9. The topological polar surface area (TPSA) is 50.7 Å². The van der Waals surface area contributed by atoms with Gasteiger partial charge in [0.25, 0.3) is 23.4 Å². The van der Waals surface area contributed by atoms with Gasteiger partial charge >= 0.3 is 6.18 Å². The van der Waals surface area contributed by atoms with Crippen molar-refractivity contribution in [3.8, 4) is 0 Å². The Balaban J connectivity index is 1.63. The number of hydrogen-bond acceptors (Lipinski definition) is 3. The van der Waals surface area contributed by atoms with Crippen LogP contribution >= 0.6 is 11.6 Å². The van der Waals surface area contributed by atoms with E-state index in [4.69, 9.17) is 16.4 Å². The van der Waals surface area contributed by atoms with Crippen LogP contribution in [-0.4, -0.2) is 29.8 Å². The lowest BCUT2D eigenvalue weighted by molar-refractivity contribution is -0.276. The molecule has 4 nitrogen and oxygen atoms in total. The van der Waals surface area contributed by atoms with Crippen LogP contribution in [-0.2, 0) is 16.4 Å². The molecule has 1 amide bonds. The number of amides is 1. The Bertz CT molecular complexity index is 1280. The normalized spacial score (nSPS) is 21.8. The van der Waals surface area contributed by atoms with Crippen molar-refractivity contribution in [1.82, 2.24) is 5.32 Å². The molecule has 200 valence electrons. The van der Waals surface area contributed by atoms with Crippen LogP contribution in [0.5, 0.6) is 0 Å². The zero-order chi connectivity index (χ0) is 27.6. The maximum Gasteiger partial charge on any atom is 0.435 e. The molecule has 1 saturated carbocycles. The number of nitrogens with one attached hydrogen (secondary N) is 1. The summed E-state index contributed by atoms with van der Waals surface area (Å²) in [7, 11) is 0. The molecule has 0 unspecified atom stereocenters. The molecule has 37 heavy (non-hydrogen) atoms. The molecule has 0 aromatic heterocycles. The van der Waals surface area contributed by atoms with E-state index in [2.05, 4.69) is 10.5 Å². The molecule has 0 saturated heterocycles. The zero-order valence-electron chi connectivity index (χ0n) is 19.3. The third-order valence-electron chi connectivity index (χ3n) is 6.36. The lowest BCUT2D eigenvalue weighted by Gasteiger charge is -2.35. The van der Waals surface area contributed by atoms with Gasteiger partial charge in [-0.05, 0) is 42.3 Å². The fraction of sp³-hybridized carbons (Fsp3) is 0.417. The molecule has 2 aliphatic rings. The largest absolute Gasteiger partial charge is 0.435 e. The SMILES string of the molecule is Cc1cc(C2=NO[C@@](c3cc(Cl)cc(C(C)(F)F)c3F)(C(F)(F)F)C2)ccc1C(=O)NC1CC(F)(F)C1. The highest BCUT2D eigenvalue weighted by Crippen LogP contribution is 2.51. The van der Waals surface area contributed by atoms with E-state index < -0.39 is 76.8 Å². The third kappa shape index (κ3) is 4.99. The second-order valence-electron chi connectivity index (χ2n) is 9.30. The fourth-order valence-electron chi connectivity index (χ4n) is 4.36. The Morgan fingerprint density at radius 1 is 1.14 bits per heavy atom. The molecule has 1 atom stereocenters. The molecule has 1 heterocycles. The molecule has 1 fully saturated rings. The lowest BCUT2D eigenvalue weighted by atomic mass is 9.84. The van der Waals surface area contributed by atoms with Crippen LogP contribution in [0.3, 0.4) is 0 Å². The van der Waals surface area contributed by atoms with Crippen LogP contribution in [0.2, 0.25) is 5.02 Å². The van der Waals surface area contributed by atoms with Crippen molar-refractivity contribution in [3.05, 3.63) is 69.0 Å². The van der Waals surface area contributed by atoms with E-state index in [0.717, 1.165) is 0 Å². The van der Waals surface area contributed by atoms with Crippen LogP contribution < -0.4 is 5.32 Å². The molecule has 0 bridgehead atoms. The third-order valence-corrected chi connectivity index (χ3v) is 6.58.